The molecule has 0 saturated heterocycles. The second kappa shape index (κ2) is 8.59. The first-order chi connectivity index (χ1) is 13.6. The minimum absolute atomic E-state index is 0.131. The van der Waals surface area contributed by atoms with Gasteiger partial charge in [0.2, 0.25) is 11.8 Å². The molecule has 0 fully saturated rings. The number of aromatic nitrogens is 3. The van der Waals surface area contributed by atoms with Crippen molar-refractivity contribution in [2.45, 2.75) is 6.92 Å². The molecule has 0 radical (unpaired) electrons. The van der Waals surface area contributed by atoms with E-state index in [1.807, 2.05) is 19.1 Å². The molecule has 1 N–H and O–H groups in total. The zero-order valence-electron chi connectivity index (χ0n) is 15.1. The van der Waals surface area contributed by atoms with Crippen LogP contribution in [0.4, 0.5) is 0 Å². The summed E-state index contributed by atoms with van der Waals surface area (Å²) in [5.74, 6) is 0.0249. The Morgan fingerprint density at radius 3 is 2.79 bits per heavy atom. The maximum Gasteiger partial charge on any atom is 0.335 e. The van der Waals surface area contributed by atoms with Gasteiger partial charge < -0.3 is 14.3 Å². The molecule has 28 heavy (non-hydrogen) atoms. The first kappa shape index (κ1) is 18.8. The fourth-order valence-electron chi connectivity index (χ4n) is 2.30. The van der Waals surface area contributed by atoms with Crippen molar-refractivity contribution in [3.8, 4) is 28.8 Å². The molecule has 2 heterocycles. The smallest absolute Gasteiger partial charge is 0.335 e. The van der Waals surface area contributed by atoms with Crippen LogP contribution < -0.4 is 4.74 Å². The molecule has 140 valence electrons. The lowest BCUT2D eigenvalue weighted by Crippen LogP contribution is -1.95. The van der Waals surface area contributed by atoms with Gasteiger partial charge in [-0.2, -0.15) is 0 Å². The Bertz CT molecular complexity index is 1070. The number of ether oxygens (including phenoxy) is 1. The molecule has 0 saturated carbocycles. The Balaban J connectivity index is 1.89. The molecule has 2 aromatic heterocycles. The number of benzene rings is 1. The van der Waals surface area contributed by atoms with E-state index in [1.54, 1.807) is 42.6 Å². The summed E-state index contributed by atoms with van der Waals surface area (Å²) in [5, 5.41) is 17.2. The van der Waals surface area contributed by atoms with E-state index >= 15 is 0 Å². The van der Waals surface area contributed by atoms with Crippen molar-refractivity contribution in [2.24, 2.45) is 0 Å². The number of carboxylic acid groups (broad SMARTS) is 1. The van der Waals surface area contributed by atoms with Gasteiger partial charge >= 0.3 is 5.97 Å². The molecule has 0 spiro atoms. The number of rotatable bonds is 7. The molecule has 1 aromatic carbocycles. The van der Waals surface area contributed by atoms with Crippen molar-refractivity contribution in [1.29, 1.82) is 0 Å². The van der Waals surface area contributed by atoms with Crippen molar-refractivity contribution in [3.63, 3.8) is 0 Å². The van der Waals surface area contributed by atoms with Crippen LogP contribution in [0.15, 0.2) is 83.7 Å². The Labute approximate surface area is 161 Å². The Morgan fingerprint density at radius 1 is 1.18 bits per heavy atom. The van der Waals surface area contributed by atoms with E-state index in [4.69, 9.17) is 14.3 Å². The summed E-state index contributed by atoms with van der Waals surface area (Å²) >= 11 is 0. The molecule has 7 nitrogen and oxygen atoms in total. The van der Waals surface area contributed by atoms with Gasteiger partial charge in [0, 0.05) is 11.8 Å². The summed E-state index contributed by atoms with van der Waals surface area (Å²) in [6, 6.07) is 9.71. The molecule has 0 amide bonds. The van der Waals surface area contributed by atoms with Crippen LogP contribution in [0.5, 0.6) is 5.88 Å². The largest absolute Gasteiger partial charge is 0.478 e. The van der Waals surface area contributed by atoms with Crippen LogP contribution >= 0.6 is 0 Å². The first-order valence-corrected chi connectivity index (χ1v) is 8.37. The molecule has 0 atom stereocenters. The predicted molar refractivity (Wildman–Crippen MR) is 104 cm³/mol. The van der Waals surface area contributed by atoms with Gasteiger partial charge in [-0.1, -0.05) is 30.9 Å². The lowest BCUT2D eigenvalue weighted by atomic mass is 10.1. The summed E-state index contributed by atoms with van der Waals surface area (Å²) in [5.41, 5.74) is 1.13. The number of hydrogen-bond acceptors (Lipinski definition) is 6. The van der Waals surface area contributed by atoms with E-state index in [1.165, 1.54) is 12.1 Å². The molecule has 0 aliphatic carbocycles. The van der Waals surface area contributed by atoms with Gasteiger partial charge in [-0.25, -0.2) is 9.78 Å². The molecular formula is C21H17N3O4. The minimum atomic E-state index is -1.03. The maximum atomic E-state index is 11.1. The maximum absolute atomic E-state index is 11.1. The number of nitrogens with zero attached hydrogens (tertiary/aromatic N) is 3. The summed E-state index contributed by atoms with van der Waals surface area (Å²) in [7, 11) is 0. The van der Waals surface area contributed by atoms with E-state index in [0.29, 0.717) is 16.9 Å². The third-order valence-corrected chi connectivity index (χ3v) is 3.60. The summed E-state index contributed by atoms with van der Waals surface area (Å²) in [6.07, 6.45) is 8.81. The van der Waals surface area contributed by atoms with Crippen molar-refractivity contribution < 1.29 is 19.1 Å². The highest BCUT2D eigenvalue weighted by Gasteiger charge is 2.17. The molecule has 3 rings (SSSR count). The van der Waals surface area contributed by atoms with Crippen LogP contribution in [0, 0.1) is 0 Å². The monoisotopic (exact) mass is 375 g/mol. The van der Waals surface area contributed by atoms with E-state index in [9.17, 15) is 4.79 Å². The lowest BCUT2D eigenvalue weighted by molar-refractivity contribution is 0.0697. The van der Waals surface area contributed by atoms with Gasteiger partial charge in [0.05, 0.1) is 5.56 Å². The van der Waals surface area contributed by atoms with Crippen LogP contribution in [0.2, 0.25) is 0 Å². The highest BCUT2D eigenvalue weighted by molar-refractivity contribution is 5.89. The van der Waals surface area contributed by atoms with E-state index < -0.39 is 5.97 Å². The van der Waals surface area contributed by atoms with Crippen molar-refractivity contribution in [1.82, 2.24) is 15.2 Å². The van der Waals surface area contributed by atoms with Gasteiger partial charge in [0.25, 0.3) is 5.89 Å². The number of allylic oxidation sites excluding steroid dienone is 4. The normalized spacial score (nSPS) is 11.2. The first-order valence-electron chi connectivity index (χ1n) is 8.37. The molecule has 0 aliphatic rings. The van der Waals surface area contributed by atoms with Crippen molar-refractivity contribution in [2.75, 3.05) is 0 Å². The van der Waals surface area contributed by atoms with Crippen LogP contribution in [-0.2, 0) is 0 Å². The zero-order chi connectivity index (χ0) is 19.9. The van der Waals surface area contributed by atoms with E-state index in [2.05, 4.69) is 21.8 Å². The number of aromatic carboxylic acids is 1. The molecular weight excluding hydrogens is 358 g/mol. The van der Waals surface area contributed by atoms with Crippen molar-refractivity contribution >= 4 is 5.97 Å². The average molecular weight is 375 g/mol. The van der Waals surface area contributed by atoms with Crippen LogP contribution in [0.25, 0.3) is 22.9 Å². The van der Waals surface area contributed by atoms with Gasteiger partial charge in [-0.3, -0.25) is 0 Å². The standard InChI is InChI=1S/C21H17N3O4/c1-3-4-5-8-14(2)27-19-17(11-7-12-22-19)20-24-23-18(28-20)15-9-6-10-16(13-15)21(25)26/h3-13H,2H2,1H3,(H,25,26)/b4-3-,8-5-. The summed E-state index contributed by atoms with van der Waals surface area (Å²) in [6.45, 7) is 5.74. The molecule has 7 heteroatoms. The molecule has 3 aromatic rings. The highest BCUT2D eigenvalue weighted by atomic mass is 16.5. The Morgan fingerprint density at radius 2 is 2.00 bits per heavy atom. The number of carbonyl (C=O) groups is 1. The number of hydrogen-bond donors (Lipinski definition) is 1. The highest BCUT2D eigenvalue weighted by Crippen LogP contribution is 2.30. The zero-order valence-corrected chi connectivity index (χ0v) is 15.1. The average Bonchev–Trinajstić information content (AvgIpc) is 3.19. The van der Waals surface area contributed by atoms with Gasteiger partial charge in [-0.15, -0.1) is 10.2 Å². The predicted octanol–water partition coefficient (Wildman–Crippen LogP) is 4.52. The van der Waals surface area contributed by atoms with Crippen molar-refractivity contribution in [3.05, 3.63) is 84.8 Å². The Hall–Kier alpha value is -4.00. The van der Waals surface area contributed by atoms with Crippen LogP contribution in [0.3, 0.4) is 0 Å². The van der Waals surface area contributed by atoms with E-state index in [0.717, 1.165) is 0 Å². The summed E-state index contributed by atoms with van der Waals surface area (Å²) in [4.78, 5) is 15.3. The van der Waals surface area contributed by atoms with Gasteiger partial charge in [0.15, 0.2) is 0 Å². The molecule has 0 aliphatic heterocycles. The molecule has 0 bridgehead atoms. The van der Waals surface area contributed by atoms with E-state index in [-0.39, 0.29) is 23.2 Å². The third-order valence-electron chi connectivity index (χ3n) is 3.60. The van der Waals surface area contributed by atoms with Gasteiger partial charge in [-0.05, 0) is 43.3 Å². The SMILES string of the molecule is C=C(/C=C\C=C/C)Oc1ncccc1-c1nnc(-c2cccc(C(=O)O)c2)o1. The third kappa shape index (κ3) is 4.39. The quantitative estimate of drug-likeness (QED) is 0.479. The van der Waals surface area contributed by atoms with Crippen LogP contribution in [-0.4, -0.2) is 26.3 Å². The van der Waals surface area contributed by atoms with Crippen LogP contribution in [0.1, 0.15) is 17.3 Å². The lowest BCUT2D eigenvalue weighted by Gasteiger charge is -2.06. The second-order valence-corrected chi connectivity index (χ2v) is 5.61. The fourth-order valence-corrected chi connectivity index (χ4v) is 2.30. The van der Waals surface area contributed by atoms with Gasteiger partial charge in [0.1, 0.15) is 11.3 Å². The topological polar surface area (TPSA) is 98.3 Å². The minimum Gasteiger partial charge on any atom is -0.478 e. The summed E-state index contributed by atoms with van der Waals surface area (Å²) < 4.78 is 11.4. The second-order valence-electron chi connectivity index (χ2n) is 5.61. The fraction of sp³-hybridized carbons (Fsp3) is 0.0476. The number of carboxylic acids is 1. The molecule has 0 unspecified atom stereocenters. The number of pyridine rings is 1. The Kier molecular flexibility index (Phi) is 5.76.